The van der Waals surface area contributed by atoms with Crippen LogP contribution in [0.2, 0.25) is 0 Å². The number of carbonyl (C=O) groups is 1. The van der Waals surface area contributed by atoms with Gasteiger partial charge in [-0.05, 0) is 29.8 Å². The van der Waals surface area contributed by atoms with Gasteiger partial charge in [0.2, 0.25) is 0 Å². The normalized spacial score (nSPS) is 10.5. The molecule has 5 heteroatoms. The first-order chi connectivity index (χ1) is 9.67. The topological polar surface area (TPSA) is 38.3 Å². The molecule has 1 heterocycles. The fourth-order valence-corrected chi connectivity index (χ4v) is 3.00. The smallest absolute Gasteiger partial charge is 0.310 e. The molecule has 0 aliphatic carbocycles. The predicted octanol–water partition coefficient (Wildman–Crippen LogP) is 3.52. The van der Waals surface area contributed by atoms with E-state index in [9.17, 15) is 4.79 Å². The Morgan fingerprint density at radius 1 is 1.15 bits per heavy atom. The van der Waals surface area contributed by atoms with E-state index >= 15 is 0 Å². The molecule has 1 aromatic carbocycles. The third-order valence-corrected chi connectivity index (χ3v) is 4.42. The molecule has 0 fully saturated rings. The molecule has 106 valence electrons. The Labute approximate surface area is 131 Å². The van der Waals surface area contributed by atoms with Crippen LogP contribution in [0.4, 0.5) is 0 Å². The van der Waals surface area contributed by atoms with E-state index in [0.29, 0.717) is 6.42 Å². The van der Waals surface area contributed by atoms with E-state index < -0.39 is 0 Å². The zero-order valence-corrected chi connectivity index (χ0v) is 13.6. The van der Waals surface area contributed by atoms with Crippen LogP contribution in [0, 0.1) is 0 Å². The van der Waals surface area contributed by atoms with Crippen LogP contribution >= 0.6 is 27.3 Å². The van der Waals surface area contributed by atoms with Crippen molar-refractivity contribution < 1.29 is 9.53 Å². The number of halogens is 1. The van der Waals surface area contributed by atoms with Crippen LogP contribution in [-0.4, -0.2) is 13.1 Å². The van der Waals surface area contributed by atoms with Crippen molar-refractivity contribution in [2.75, 3.05) is 7.11 Å². The minimum absolute atomic E-state index is 0.193. The largest absolute Gasteiger partial charge is 0.469 e. The molecule has 0 saturated heterocycles. The summed E-state index contributed by atoms with van der Waals surface area (Å²) in [5.41, 5.74) is 1.25. The fourth-order valence-electron chi connectivity index (χ4n) is 1.76. The number of hydrogen-bond donors (Lipinski definition) is 1. The molecule has 1 N–H and O–H groups in total. The number of nitrogens with one attached hydrogen (secondary N) is 1. The number of rotatable bonds is 6. The number of methoxy groups -OCH3 is 1. The number of carbonyl (C=O) groups excluding carboxylic acids is 1. The summed E-state index contributed by atoms with van der Waals surface area (Å²) in [6.07, 6.45) is 0.355. The molecular formula is C15H16BrNO2S. The van der Waals surface area contributed by atoms with Crippen molar-refractivity contribution in [3.05, 3.63) is 56.2 Å². The monoisotopic (exact) mass is 353 g/mol. The molecule has 0 bridgehead atoms. The van der Waals surface area contributed by atoms with Gasteiger partial charge >= 0.3 is 5.97 Å². The highest BCUT2D eigenvalue weighted by Crippen LogP contribution is 2.17. The highest BCUT2D eigenvalue weighted by molar-refractivity contribution is 9.10. The van der Waals surface area contributed by atoms with E-state index in [1.165, 1.54) is 17.6 Å². The van der Waals surface area contributed by atoms with E-state index in [1.807, 2.05) is 18.2 Å². The molecule has 0 aliphatic rings. The lowest BCUT2D eigenvalue weighted by Gasteiger charge is -2.03. The third-order valence-electron chi connectivity index (χ3n) is 2.81. The maximum Gasteiger partial charge on any atom is 0.310 e. The van der Waals surface area contributed by atoms with Crippen molar-refractivity contribution in [1.82, 2.24) is 5.32 Å². The second-order valence-electron chi connectivity index (χ2n) is 4.35. The van der Waals surface area contributed by atoms with Gasteiger partial charge in [0.1, 0.15) is 0 Å². The van der Waals surface area contributed by atoms with Crippen molar-refractivity contribution in [3.8, 4) is 0 Å². The first kappa shape index (κ1) is 15.2. The van der Waals surface area contributed by atoms with Crippen molar-refractivity contribution >= 4 is 33.2 Å². The van der Waals surface area contributed by atoms with Gasteiger partial charge in [-0.15, -0.1) is 11.3 Å². The molecule has 0 unspecified atom stereocenters. The maximum atomic E-state index is 11.2. The summed E-state index contributed by atoms with van der Waals surface area (Å²) in [6.45, 7) is 1.64. The van der Waals surface area contributed by atoms with E-state index in [0.717, 1.165) is 22.4 Å². The molecule has 0 aliphatic heterocycles. The number of ether oxygens (including phenoxy) is 1. The van der Waals surface area contributed by atoms with Gasteiger partial charge in [-0.2, -0.15) is 0 Å². The zero-order chi connectivity index (χ0) is 14.4. The van der Waals surface area contributed by atoms with E-state index in [-0.39, 0.29) is 5.97 Å². The summed E-state index contributed by atoms with van der Waals surface area (Å²) >= 11 is 5.07. The zero-order valence-electron chi connectivity index (χ0n) is 11.2. The van der Waals surface area contributed by atoms with Crippen molar-refractivity contribution in [2.24, 2.45) is 0 Å². The second kappa shape index (κ2) is 7.57. The van der Waals surface area contributed by atoms with Crippen LogP contribution in [0.5, 0.6) is 0 Å². The van der Waals surface area contributed by atoms with Crippen LogP contribution in [0.1, 0.15) is 15.3 Å². The standard InChI is InChI=1S/C15H16BrNO2S/c1-19-15(18)8-13-6-7-14(20-13)10-17-9-11-2-4-12(16)5-3-11/h2-7,17H,8-10H2,1H3. The summed E-state index contributed by atoms with van der Waals surface area (Å²) in [7, 11) is 1.41. The fraction of sp³-hybridized carbons (Fsp3) is 0.267. The van der Waals surface area contributed by atoms with Crippen molar-refractivity contribution in [2.45, 2.75) is 19.5 Å². The molecule has 0 saturated carbocycles. The number of hydrogen-bond acceptors (Lipinski definition) is 4. The average molecular weight is 354 g/mol. The van der Waals surface area contributed by atoms with Gasteiger partial charge in [-0.1, -0.05) is 28.1 Å². The quantitative estimate of drug-likeness (QED) is 0.807. The molecule has 0 radical (unpaired) electrons. The van der Waals surface area contributed by atoms with E-state index in [1.54, 1.807) is 11.3 Å². The molecule has 0 amide bonds. The molecule has 0 spiro atoms. The van der Waals surface area contributed by atoms with Crippen LogP contribution in [0.25, 0.3) is 0 Å². The lowest BCUT2D eigenvalue weighted by atomic mass is 10.2. The third kappa shape index (κ3) is 4.74. The number of thiophene rings is 1. The Balaban J connectivity index is 1.79. The van der Waals surface area contributed by atoms with Gasteiger partial charge in [0.05, 0.1) is 13.5 Å². The Morgan fingerprint density at radius 2 is 1.85 bits per heavy atom. The predicted molar refractivity (Wildman–Crippen MR) is 84.7 cm³/mol. The van der Waals surface area contributed by atoms with Gasteiger partial charge in [0.15, 0.2) is 0 Å². The van der Waals surface area contributed by atoms with E-state index in [2.05, 4.69) is 44.2 Å². The van der Waals surface area contributed by atoms with Gasteiger partial charge in [0.25, 0.3) is 0 Å². The van der Waals surface area contributed by atoms with Gasteiger partial charge in [-0.3, -0.25) is 4.79 Å². The van der Waals surface area contributed by atoms with Crippen LogP contribution < -0.4 is 5.32 Å². The van der Waals surface area contributed by atoms with Gasteiger partial charge < -0.3 is 10.1 Å². The average Bonchev–Trinajstić information content (AvgIpc) is 2.88. The molecule has 3 nitrogen and oxygen atoms in total. The number of esters is 1. The Kier molecular flexibility index (Phi) is 5.76. The Hall–Kier alpha value is -1.17. The van der Waals surface area contributed by atoms with E-state index in [4.69, 9.17) is 0 Å². The molecule has 2 rings (SSSR count). The first-order valence-corrected chi connectivity index (χ1v) is 7.88. The first-order valence-electron chi connectivity index (χ1n) is 6.27. The van der Waals surface area contributed by atoms with Crippen LogP contribution in [-0.2, 0) is 29.0 Å². The Bertz CT molecular complexity index is 566. The minimum Gasteiger partial charge on any atom is -0.469 e. The summed E-state index contributed by atoms with van der Waals surface area (Å²) in [5.74, 6) is -0.193. The summed E-state index contributed by atoms with van der Waals surface area (Å²) in [5, 5.41) is 3.40. The Morgan fingerprint density at radius 3 is 2.55 bits per heavy atom. The SMILES string of the molecule is COC(=O)Cc1ccc(CNCc2ccc(Br)cc2)s1. The lowest BCUT2D eigenvalue weighted by Crippen LogP contribution is -2.11. The number of benzene rings is 1. The highest BCUT2D eigenvalue weighted by atomic mass is 79.9. The minimum atomic E-state index is -0.193. The van der Waals surface area contributed by atoms with Gasteiger partial charge in [-0.25, -0.2) is 0 Å². The lowest BCUT2D eigenvalue weighted by molar-refractivity contribution is -0.139. The molecule has 1 aromatic heterocycles. The van der Waals surface area contributed by atoms with Crippen LogP contribution in [0.15, 0.2) is 40.9 Å². The summed E-state index contributed by atoms with van der Waals surface area (Å²) < 4.78 is 5.75. The molecule has 2 aromatic rings. The van der Waals surface area contributed by atoms with Crippen molar-refractivity contribution in [3.63, 3.8) is 0 Å². The summed E-state index contributed by atoms with van der Waals surface area (Å²) in [6, 6.07) is 12.3. The molecule has 0 atom stereocenters. The highest BCUT2D eigenvalue weighted by Gasteiger charge is 2.06. The molecular weight excluding hydrogens is 338 g/mol. The maximum absolute atomic E-state index is 11.2. The second-order valence-corrected chi connectivity index (χ2v) is 6.52. The van der Waals surface area contributed by atoms with Crippen molar-refractivity contribution in [1.29, 1.82) is 0 Å². The van der Waals surface area contributed by atoms with Crippen LogP contribution in [0.3, 0.4) is 0 Å². The molecule has 20 heavy (non-hydrogen) atoms. The summed E-state index contributed by atoms with van der Waals surface area (Å²) in [4.78, 5) is 13.4. The van der Waals surface area contributed by atoms with Gasteiger partial charge in [0, 0.05) is 27.3 Å².